The molecule has 4 nitrogen and oxygen atoms in total. The fraction of sp³-hybridized carbons (Fsp3) is 0.750. The molecule has 0 aliphatic carbocycles. The van der Waals surface area contributed by atoms with E-state index in [9.17, 15) is 0 Å². The Hall–Kier alpha value is -0.900. The van der Waals surface area contributed by atoms with Gasteiger partial charge in [-0.15, -0.1) is 0 Å². The highest BCUT2D eigenvalue weighted by molar-refractivity contribution is 4.89. The summed E-state index contributed by atoms with van der Waals surface area (Å²) in [4.78, 5) is 4.23. The lowest BCUT2D eigenvalue weighted by Gasteiger charge is -2.10. The molecule has 0 amide bonds. The van der Waals surface area contributed by atoms with Gasteiger partial charge < -0.3 is 5.73 Å². The summed E-state index contributed by atoms with van der Waals surface area (Å²) < 4.78 is 1.93. The first-order chi connectivity index (χ1) is 5.65. The summed E-state index contributed by atoms with van der Waals surface area (Å²) in [5, 5.41) is 4.28. The molecular formula is C8H16N4. The number of nitrogens with zero attached hydrogens (tertiary/aromatic N) is 3. The van der Waals surface area contributed by atoms with Crippen LogP contribution in [0.1, 0.15) is 31.0 Å². The Labute approximate surface area is 72.8 Å². The van der Waals surface area contributed by atoms with Crippen molar-refractivity contribution in [2.45, 2.75) is 33.2 Å². The number of aryl methyl sites for hydroxylation is 2. The second-order valence-corrected chi connectivity index (χ2v) is 3.08. The molecule has 1 heterocycles. The third kappa shape index (κ3) is 1.82. The second-order valence-electron chi connectivity index (χ2n) is 3.08. The van der Waals surface area contributed by atoms with Crippen molar-refractivity contribution in [1.82, 2.24) is 14.8 Å². The van der Waals surface area contributed by atoms with Crippen molar-refractivity contribution in [2.75, 3.05) is 6.54 Å². The van der Waals surface area contributed by atoms with Gasteiger partial charge in [-0.2, -0.15) is 5.10 Å². The van der Waals surface area contributed by atoms with E-state index in [1.54, 1.807) is 0 Å². The number of rotatable bonds is 3. The molecule has 68 valence electrons. The van der Waals surface area contributed by atoms with E-state index in [4.69, 9.17) is 5.73 Å². The molecule has 1 rings (SSSR count). The van der Waals surface area contributed by atoms with Crippen LogP contribution in [0.5, 0.6) is 0 Å². The molecule has 0 saturated carbocycles. The van der Waals surface area contributed by atoms with E-state index in [0.717, 1.165) is 18.1 Å². The largest absolute Gasteiger partial charge is 0.330 e. The van der Waals surface area contributed by atoms with E-state index in [1.165, 1.54) is 0 Å². The summed E-state index contributed by atoms with van der Waals surface area (Å²) in [7, 11) is 0. The van der Waals surface area contributed by atoms with Crippen LogP contribution in [0.25, 0.3) is 0 Å². The van der Waals surface area contributed by atoms with Gasteiger partial charge in [0.2, 0.25) is 0 Å². The van der Waals surface area contributed by atoms with Gasteiger partial charge in [-0.3, -0.25) is 0 Å². The maximum Gasteiger partial charge on any atom is 0.147 e. The standard InChI is InChI=1S/C8H16N4/c1-6(4-5-9)12-8(3)10-7(2)11-12/h6H,4-5,9H2,1-3H3. The maximum atomic E-state index is 5.46. The molecule has 4 heteroatoms. The molecule has 0 fully saturated rings. The highest BCUT2D eigenvalue weighted by Crippen LogP contribution is 2.10. The smallest absolute Gasteiger partial charge is 0.147 e. The van der Waals surface area contributed by atoms with Crippen LogP contribution in [0.3, 0.4) is 0 Å². The summed E-state index contributed by atoms with van der Waals surface area (Å²) >= 11 is 0. The maximum absolute atomic E-state index is 5.46. The number of aromatic nitrogens is 3. The molecule has 2 N–H and O–H groups in total. The van der Waals surface area contributed by atoms with E-state index in [-0.39, 0.29) is 0 Å². The molecule has 1 aromatic rings. The highest BCUT2D eigenvalue weighted by atomic mass is 15.4. The normalized spacial score (nSPS) is 13.3. The lowest BCUT2D eigenvalue weighted by molar-refractivity contribution is 0.452. The first kappa shape index (κ1) is 9.19. The van der Waals surface area contributed by atoms with Crippen LogP contribution in [-0.4, -0.2) is 21.3 Å². The Bertz CT molecular complexity index is 254. The molecule has 0 spiro atoms. The van der Waals surface area contributed by atoms with Gasteiger partial charge in [-0.25, -0.2) is 9.67 Å². The van der Waals surface area contributed by atoms with Gasteiger partial charge in [0.1, 0.15) is 11.6 Å². The van der Waals surface area contributed by atoms with Crippen LogP contribution in [0.15, 0.2) is 0 Å². The Balaban J connectivity index is 2.79. The van der Waals surface area contributed by atoms with Crippen molar-refractivity contribution < 1.29 is 0 Å². The monoisotopic (exact) mass is 168 g/mol. The van der Waals surface area contributed by atoms with Gasteiger partial charge in [0.25, 0.3) is 0 Å². The molecule has 1 unspecified atom stereocenters. The Morgan fingerprint density at radius 2 is 2.17 bits per heavy atom. The molecule has 0 aliphatic heterocycles. The van der Waals surface area contributed by atoms with E-state index >= 15 is 0 Å². The molecule has 12 heavy (non-hydrogen) atoms. The average molecular weight is 168 g/mol. The molecule has 0 saturated heterocycles. The van der Waals surface area contributed by atoms with Crippen LogP contribution in [0.4, 0.5) is 0 Å². The van der Waals surface area contributed by atoms with E-state index in [1.807, 2.05) is 18.5 Å². The van der Waals surface area contributed by atoms with Gasteiger partial charge in [0, 0.05) is 0 Å². The summed E-state index contributed by atoms with van der Waals surface area (Å²) in [5.74, 6) is 1.80. The van der Waals surface area contributed by atoms with Crippen LogP contribution in [-0.2, 0) is 0 Å². The van der Waals surface area contributed by atoms with Crippen LogP contribution < -0.4 is 5.73 Å². The van der Waals surface area contributed by atoms with E-state index < -0.39 is 0 Å². The predicted octanol–water partition coefficient (Wildman–Crippen LogP) is 0.805. The average Bonchev–Trinajstić information content (AvgIpc) is 2.30. The van der Waals surface area contributed by atoms with Gasteiger partial charge in [-0.05, 0) is 33.7 Å². The van der Waals surface area contributed by atoms with E-state index in [0.29, 0.717) is 12.6 Å². The van der Waals surface area contributed by atoms with Crippen LogP contribution in [0, 0.1) is 13.8 Å². The van der Waals surface area contributed by atoms with Gasteiger partial charge in [-0.1, -0.05) is 0 Å². The highest BCUT2D eigenvalue weighted by Gasteiger charge is 2.08. The Morgan fingerprint density at radius 1 is 1.50 bits per heavy atom. The molecule has 0 bridgehead atoms. The minimum absolute atomic E-state index is 0.358. The van der Waals surface area contributed by atoms with Crippen molar-refractivity contribution in [1.29, 1.82) is 0 Å². The quantitative estimate of drug-likeness (QED) is 0.726. The van der Waals surface area contributed by atoms with Crippen molar-refractivity contribution >= 4 is 0 Å². The van der Waals surface area contributed by atoms with Gasteiger partial charge >= 0.3 is 0 Å². The SMILES string of the molecule is Cc1nc(C)n(C(C)CCN)n1. The summed E-state index contributed by atoms with van der Waals surface area (Å²) in [5.41, 5.74) is 5.46. The topological polar surface area (TPSA) is 56.7 Å². The minimum Gasteiger partial charge on any atom is -0.330 e. The third-order valence-corrected chi connectivity index (χ3v) is 1.91. The molecular weight excluding hydrogens is 152 g/mol. The van der Waals surface area contributed by atoms with Crippen molar-refractivity contribution in [2.24, 2.45) is 5.73 Å². The predicted molar refractivity (Wildman–Crippen MR) is 47.9 cm³/mol. The first-order valence-electron chi connectivity index (χ1n) is 4.25. The van der Waals surface area contributed by atoms with Crippen LogP contribution in [0.2, 0.25) is 0 Å². The summed E-state index contributed by atoms with van der Waals surface area (Å²) in [6, 6.07) is 0.358. The van der Waals surface area contributed by atoms with Crippen molar-refractivity contribution in [3.05, 3.63) is 11.6 Å². The Morgan fingerprint density at radius 3 is 2.58 bits per heavy atom. The zero-order valence-electron chi connectivity index (χ0n) is 7.91. The lowest BCUT2D eigenvalue weighted by Crippen LogP contribution is -2.13. The molecule has 1 aromatic heterocycles. The fourth-order valence-corrected chi connectivity index (χ4v) is 1.32. The van der Waals surface area contributed by atoms with Gasteiger partial charge in [0.15, 0.2) is 0 Å². The van der Waals surface area contributed by atoms with Gasteiger partial charge in [0.05, 0.1) is 6.04 Å². The zero-order valence-corrected chi connectivity index (χ0v) is 7.91. The Kier molecular flexibility index (Phi) is 2.81. The van der Waals surface area contributed by atoms with E-state index in [2.05, 4.69) is 17.0 Å². The first-order valence-corrected chi connectivity index (χ1v) is 4.25. The summed E-state index contributed by atoms with van der Waals surface area (Å²) in [6.45, 7) is 6.67. The number of nitrogens with two attached hydrogens (primary N) is 1. The zero-order chi connectivity index (χ0) is 9.14. The lowest BCUT2D eigenvalue weighted by atomic mass is 10.2. The van der Waals surface area contributed by atoms with Crippen LogP contribution >= 0.6 is 0 Å². The van der Waals surface area contributed by atoms with Crippen molar-refractivity contribution in [3.8, 4) is 0 Å². The molecule has 1 atom stereocenters. The fourth-order valence-electron chi connectivity index (χ4n) is 1.32. The summed E-state index contributed by atoms with van der Waals surface area (Å²) in [6.07, 6.45) is 0.948. The molecule has 0 aliphatic rings. The van der Waals surface area contributed by atoms with Crippen molar-refractivity contribution in [3.63, 3.8) is 0 Å². The minimum atomic E-state index is 0.358. The molecule has 0 aromatic carbocycles. The third-order valence-electron chi connectivity index (χ3n) is 1.91. The second kappa shape index (κ2) is 3.67. The number of hydrogen-bond donors (Lipinski definition) is 1. The molecule has 0 radical (unpaired) electrons. The number of hydrogen-bond acceptors (Lipinski definition) is 3.